The average Bonchev–Trinajstić information content (AvgIpc) is 2.76. The second-order valence-corrected chi connectivity index (χ2v) is 11.4. The highest BCUT2D eigenvalue weighted by molar-refractivity contribution is 6.22. The zero-order chi connectivity index (χ0) is 26.9. The maximum atomic E-state index is 13.5. The fraction of sp³-hybridized carbons (Fsp3) is 0.519. The third kappa shape index (κ3) is 3.72. The molecular weight excluding hydrogens is 464 g/mol. The molecule has 0 heterocycles. The van der Waals surface area contributed by atoms with Gasteiger partial charge in [0.15, 0.2) is 11.4 Å². The Bertz CT molecular complexity index is 1250. The van der Waals surface area contributed by atoms with Crippen LogP contribution in [0.15, 0.2) is 23.0 Å². The van der Waals surface area contributed by atoms with Crippen molar-refractivity contribution in [2.45, 2.75) is 72.1 Å². The minimum absolute atomic E-state index is 0.0329. The normalized spacial score (nSPS) is 26.9. The van der Waals surface area contributed by atoms with E-state index in [4.69, 9.17) is 5.73 Å². The van der Waals surface area contributed by atoms with Gasteiger partial charge >= 0.3 is 0 Å². The summed E-state index contributed by atoms with van der Waals surface area (Å²) in [5.41, 5.74) is 4.31. The highest BCUT2D eigenvalue weighted by atomic mass is 16.3. The number of ketones is 2. The fourth-order valence-electron chi connectivity index (χ4n) is 5.66. The molecule has 4 atom stereocenters. The molecule has 3 aliphatic rings. The smallest absolute Gasteiger partial charge is 0.255 e. The third-order valence-electron chi connectivity index (χ3n) is 8.36. The van der Waals surface area contributed by atoms with E-state index in [-0.39, 0.29) is 41.2 Å². The summed E-state index contributed by atoms with van der Waals surface area (Å²) in [4.78, 5) is 37.7. The number of hydrogen-bond acceptors (Lipinski definition) is 8. The van der Waals surface area contributed by atoms with Gasteiger partial charge in [-0.3, -0.25) is 14.4 Å². The summed E-state index contributed by atoms with van der Waals surface area (Å²) in [6, 6.07) is 1.75. The Hall–Kier alpha value is -3.17. The average molecular weight is 499 g/mol. The molecule has 0 aliphatic heterocycles. The van der Waals surface area contributed by atoms with Gasteiger partial charge in [0.2, 0.25) is 5.78 Å². The lowest BCUT2D eigenvalue weighted by molar-refractivity contribution is -0.147. The van der Waals surface area contributed by atoms with Crippen molar-refractivity contribution in [3.05, 3.63) is 45.2 Å². The summed E-state index contributed by atoms with van der Waals surface area (Å²) < 4.78 is 0. The lowest BCUT2D eigenvalue weighted by Crippen LogP contribution is -2.58. The van der Waals surface area contributed by atoms with Crippen LogP contribution in [0.25, 0.3) is 5.76 Å². The zero-order valence-corrected chi connectivity index (χ0v) is 21.2. The van der Waals surface area contributed by atoms with Crippen molar-refractivity contribution in [1.82, 2.24) is 5.32 Å². The van der Waals surface area contributed by atoms with Crippen molar-refractivity contribution in [2.75, 3.05) is 0 Å². The zero-order valence-electron chi connectivity index (χ0n) is 21.2. The van der Waals surface area contributed by atoms with E-state index in [2.05, 4.69) is 33.0 Å². The Labute approximate surface area is 209 Å². The molecule has 7 N–H and O–H groups in total. The van der Waals surface area contributed by atoms with Gasteiger partial charge in [-0.05, 0) is 60.8 Å². The van der Waals surface area contributed by atoms with Crippen LogP contribution in [0.1, 0.15) is 62.8 Å². The Morgan fingerprint density at radius 1 is 1.22 bits per heavy atom. The van der Waals surface area contributed by atoms with Crippen LogP contribution in [0, 0.1) is 24.2 Å². The number of carbonyl (C=O) groups excluding carboxylic acids is 3. The largest absolute Gasteiger partial charge is 0.508 e. The van der Waals surface area contributed by atoms with E-state index in [1.54, 1.807) is 6.07 Å². The number of amides is 1. The van der Waals surface area contributed by atoms with Gasteiger partial charge in [-0.25, -0.2) is 0 Å². The number of aliphatic hydroxyl groups excluding tert-OH is 2. The topological polar surface area (TPSA) is 170 Å². The van der Waals surface area contributed by atoms with Crippen molar-refractivity contribution in [3.63, 3.8) is 0 Å². The van der Waals surface area contributed by atoms with E-state index >= 15 is 0 Å². The molecule has 9 nitrogen and oxygen atoms in total. The molecule has 36 heavy (non-hydrogen) atoms. The van der Waals surface area contributed by atoms with Gasteiger partial charge in [0.05, 0.1) is 5.56 Å². The highest BCUT2D eigenvalue weighted by Crippen LogP contribution is 2.52. The van der Waals surface area contributed by atoms with Crippen LogP contribution < -0.4 is 11.1 Å². The van der Waals surface area contributed by atoms with Crippen LogP contribution in [0.5, 0.6) is 5.75 Å². The SMILES string of the molecule is Cc1c(CNC(C)C(C)(C)C)cc(O)c2c1CC1C[C@H]3CC(=O)C(C(N)=O)=C(O)[C@@]3(O)C(=O)C1=C2O. The molecule has 9 heteroatoms. The van der Waals surface area contributed by atoms with Crippen molar-refractivity contribution >= 4 is 23.2 Å². The molecule has 4 rings (SSSR count). The van der Waals surface area contributed by atoms with Crippen molar-refractivity contribution < 1.29 is 34.8 Å². The van der Waals surface area contributed by atoms with Crippen LogP contribution >= 0.6 is 0 Å². The van der Waals surface area contributed by atoms with E-state index in [0.717, 1.165) is 11.1 Å². The summed E-state index contributed by atoms with van der Waals surface area (Å²) in [7, 11) is 0. The number of aromatic hydroxyl groups is 1. The first-order valence-corrected chi connectivity index (χ1v) is 12.2. The number of nitrogens with two attached hydrogens (primary N) is 1. The van der Waals surface area contributed by atoms with Gasteiger partial charge in [-0.1, -0.05) is 20.8 Å². The van der Waals surface area contributed by atoms with Gasteiger partial charge in [-0.2, -0.15) is 0 Å². The minimum atomic E-state index is -2.55. The quantitative estimate of drug-likeness (QED) is 0.343. The number of nitrogens with one attached hydrogen (secondary N) is 1. The number of rotatable bonds is 4. The number of Topliss-reactive ketones (excluding diaryl/α,β-unsaturated/α-hetero) is 2. The second kappa shape index (κ2) is 8.45. The predicted molar refractivity (Wildman–Crippen MR) is 132 cm³/mol. The molecule has 0 radical (unpaired) electrons. The van der Waals surface area contributed by atoms with E-state index in [1.807, 2.05) is 6.92 Å². The molecule has 1 saturated carbocycles. The number of aliphatic hydroxyl groups is 3. The summed E-state index contributed by atoms with van der Waals surface area (Å²) in [6.45, 7) is 10.9. The number of hydrogen-bond donors (Lipinski definition) is 6. The third-order valence-corrected chi connectivity index (χ3v) is 8.36. The van der Waals surface area contributed by atoms with E-state index in [1.165, 1.54) is 0 Å². The maximum Gasteiger partial charge on any atom is 0.255 e. The highest BCUT2D eigenvalue weighted by Gasteiger charge is 2.60. The fourth-order valence-corrected chi connectivity index (χ4v) is 5.66. The Morgan fingerprint density at radius 2 is 1.86 bits per heavy atom. The molecule has 1 aromatic carbocycles. The van der Waals surface area contributed by atoms with Crippen LogP contribution in [0.4, 0.5) is 0 Å². The second-order valence-electron chi connectivity index (χ2n) is 11.4. The van der Waals surface area contributed by atoms with Gasteiger partial charge in [0.1, 0.15) is 22.8 Å². The van der Waals surface area contributed by atoms with Crippen molar-refractivity contribution in [2.24, 2.45) is 23.0 Å². The molecule has 1 amide bonds. The van der Waals surface area contributed by atoms with Gasteiger partial charge in [0, 0.05) is 30.5 Å². The molecular formula is C27H34N2O7. The standard InChI is InChI=1S/C27H34N2O7/c1-11-14(10-29-12(2)26(3,4)5)8-17(30)20-16(11)7-13-6-15-9-18(31)21(25(28)35)24(34)27(15,36)23(33)19(13)22(20)32/h8,12-13,15,29-30,32,34,36H,6-7,9-10H2,1-5H3,(H2,28,35)/t12?,13?,15-,27-/m0/s1. The molecule has 1 fully saturated rings. The van der Waals surface area contributed by atoms with Crippen molar-refractivity contribution in [3.8, 4) is 5.75 Å². The number of phenolic OH excluding ortho intramolecular Hbond substituents is 1. The monoisotopic (exact) mass is 498 g/mol. The van der Waals surface area contributed by atoms with Crippen LogP contribution in [-0.2, 0) is 27.3 Å². The summed E-state index contributed by atoms with van der Waals surface area (Å²) in [5.74, 6) is -6.20. The number of benzene rings is 1. The Balaban J connectivity index is 1.79. The Morgan fingerprint density at radius 3 is 2.44 bits per heavy atom. The summed E-state index contributed by atoms with van der Waals surface area (Å²) >= 11 is 0. The number of primary amides is 1. The lowest BCUT2D eigenvalue weighted by Gasteiger charge is -2.46. The first-order chi connectivity index (χ1) is 16.6. The predicted octanol–water partition coefficient (Wildman–Crippen LogP) is 2.26. The number of fused-ring (bicyclic) bond motifs is 3. The molecule has 0 aromatic heterocycles. The van der Waals surface area contributed by atoms with E-state index < -0.39 is 52.0 Å². The molecule has 1 aromatic rings. The van der Waals surface area contributed by atoms with E-state index in [9.17, 15) is 34.8 Å². The molecule has 194 valence electrons. The first-order valence-electron chi connectivity index (χ1n) is 12.2. The lowest BCUT2D eigenvalue weighted by atomic mass is 9.59. The molecule has 0 bridgehead atoms. The number of phenols is 1. The van der Waals surface area contributed by atoms with Crippen LogP contribution in [0.3, 0.4) is 0 Å². The molecule has 3 aliphatic carbocycles. The van der Waals surface area contributed by atoms with E-state index in [0.29, 0.717) is 18.5 Å². The minimum Gasteiger partial charge on any atom is -0.508 e. The molecule has 2 unspecified atom stereocenters. The summed E-state index contributed by atoms with van der Waals surface area (Å²) in [5, 5.41) is 47.4. The van der Waals surface area contributed by atoms with Gasteiger partial charge < -0.3 is 31.5 Å². The number of carbonyl (C=O) groups is 3. The van der Waals surface area contributed by atoms with Crippen LogP contribution in [0.2, 0.25) is 0 Å². The van der Waals surface area contributed by atoms with Gasteiger partial charge in [-0.15, -0.1) is 0 Å². The molecule has 0 saturated heterocycles. The van der Waals surface area contributed by atoms with Crippen LogP contribution in [-0.4, -0.2) is 49.5 Å². The van der Waals surface area contributed by atoms with Crippen molar-refractivity contribution in [1.29, 1.82) is 0 Å². The van der Waals surface area contributed by atoms with Gasteiger partial charge in [0.25, 0.3) is 5.91 Å². The summed E-state index contributed by atoms with van der Waals surface area (Å²) in [6.07, 6.45) is 0.0873. The molecule has 0 spiro atoms. The first kappa shape index (κ1) is 25.9. The Kier molecular flexibility index (Phi) is 6.08. The maximum absolute atomic E-state index is 13.5.